The zero-order chi connectivity index (χ0) is 17.7. The average Bonchev–Trinajstić information content (AvgIpc) is 2.72. The first-order chi connectivity index (χ1) is 11.2. The monoisotopic (exact) mass is 355 g/mol. The van der Waals surface area contributed by atoms with Gasteiger partial charge in [0.25, 0.3) is 5.91 Å². The maximum Gasteiger partial charge on any atom is 0.327 e. The van der Waals surface area contributed by atoms with Crippen LogP contribution in [0, 0.1) is 5.82 Å². The highest BCUT2D eigenvalue weighted by Crippen LogP contribution is 2.36. The number of carbonyl (C=O) groups is 2. The third-order valence-corrected chi connectivity index (χ3v) is 6.80. The van der Waals surface area contributed by atoms with Gasteiger partial charge in [-0.3, -0.25) is 9.69 Å². The Balaban J connectivity index is 1.83. The molecule has 0 saturated carbocycles. The first kappa shape index (κ1) is 16.8. The summed E-state index contributed by atoms with van der Waals surface area (Å²) >= 11 is 0. The highest BCUT2D eigenvalue weighted by Gasteiger charge is 2.56. The molecule has 0 atom stereocenters. The summed E-state index contributed by atoms with van der Waals surface area (Å²) in [5, 5.41) is 0. The van der Waals surface area contributed by atoms with Crippen LogP contribution in [0.5, 0.6) is 0 Å². The van der Waals surface area contributed by atoms with Gasteiger partial charge in [0.2, 0.25) is 10.0 Å². The number of hydrogen-bond acceptors (Lipinski definition) is 4. The number of imide groups is 1. The fourth-order valence-corrected chi connectivity index (χ4v) is 4.85. The summed E-state index contributed by atoms with van der Waals surface area (Å²) in [7, 11) is -0.849. The number of halogens is 1. The van der Waals surface area contributed by atoms with Gasteiger partial charge in [0.05, 0.1) is 4.90 Å². The number of piperidine rings is 1. The van der Waals surface area contributed by atoms with Crippen molar-refractivity contribution in [2.45, 2.75) is 23.3 Å². The Morgan fingerprint density at radius 2 is 1.75 bits per heavy atom. The van der Waals surface area contributed by atoms with E-state index >= 15 is 0 Å². The summed E-state index contributed by atoms with van der Waals surface area (Å²) in [6, 6.07) is 4.45. The minimum absolute atomic E-state index is 0.0933. The molecule has 0 aromatic heterocycles. The lowest BCUT2D eigenvalue weighted by atomic mass is 9.87. The number of rotatable bonds is 2. The molecule has 2 saturated heterocycles. The van der Waals surface area contributed by atoms with Crippen molar-refractivity contribution in [3.63, 3.8) is 0 Å². The number of nitrogens with zero attached hydrogens (tertiary/aromatic N) is 3. The van der Waals surface area contributed by atoms with E-state index in [0.29, 0.717) is 0 Å². The van der Waals surface area contributed by atoms with Crippen LogP contribution in [0.4, 0.5) is 9.18 Å². The molecule has 3 amide bonds. The molecule has 7 nitrogen and oxygen atoms in total. The largest absolute Gasteiger partial charge is 0.327 e. The molecule has 1 spiro atoms. The molecule has 0 bridgehead atoms. The van der Waals surface area contributed by atoms with Crippen LogP contribution in [0.2, 0.25) is 0 Å². The molecule has 0 aliphatic carbocycles. The number of benzene rings is 1. The number of amides is 3. The van der Waals surface area contributed by atoms with Crippen LogP contribution in [0.3, 0.4) is 0 Å². The van der Waals surface area contributed by atoms with Crippen molar-refractivity contribution in [2.24, 2.45) is 0 Å². The van der Waals surface area contributed by atoms with Gasteiger partial charge in [0, 0.05) is 27.2 Å². The second kappa shape index (κ2) is 5.52. The van der Waals surface area contributed by atoms with Crippen LogP contribution in [0.25, 0.3) is 0 Å². The lowest BCUT2D eigenvalue weighted by Gasteiger charge is -2.40. The third kappa shape index (κ3) is 2.30. The van der Waals surface area contributed by atoms with Crippen LogP contribution in [0.15, 0.2) is 29.2 Å². The molecule has 3 rings (SSSR count). The Labute approximate surface area is 139 Å². The summed E-state index contributed by atoms with van der Waals surface area (Å²) in [4.78, 5) is 26.7. The highest BCUT2D eigenvalue weighted by atomic mass is 32.2. The van der Waals surface area contributed by atoms with Gasteiger partial charge in [-0.25, -0.2) is 17.6 Å². The van der Waals surface area contributed by atoms with E-state index in [-0.39, 0.29) is 42.8 Å². The van der Waals surface area contributed by atoms with Crippen molar-refractivity contribution in [1.29, 1.82) is 0 Å². The summed E-state index contributed by atoms with van der Waals surface area (Å²) in [5.41, 5.74) is -0.986. The predicted molar refractivity (Wildman–Crippen MR) is 83.1 cm³/mol. The molecule has 0 N–H and O–H groups in total. The first-order valence-corrected chi connectivity index (χ1v) is 8.96. The smallest absolute Gasteiger partial charge is 0.312 e. The van der Waals surface area contributed by atoms with Crippen LogP contribution < -0.4 is 0 Å². The molecule has 2 aliphatic heterocycles. The van der Waals surface area contributed by atoms with Gasteiger partial charge in [-0.1, -0.05) is 6.07 Å². The summed E-state index contributed by atoms with van der Waals surface area (Å²) in [5.74, 6) is -0.930. The molecule has 9 heteroatoms. The molecule has 1 aromatic carbocycles. The lowest BCUT2D eigenvalue weighted by molar-refractivity contribution is -0.133. The first-order valence-electron chi connectivity index (χ1n) is 7.52. The Hall–Kier alpha value is -2.00. The molecule has 24 heavy (non-hydrogen) atoms. The fraction of sp³-hybridized carbons (Fsp3) is 0.467. The predicted octanol–water partition coefficient (Wildman–Crippen LogP) is 0.873. The number of urea groups is 1. The quantitative estimate of drug-likeness (QED) is 0.738. The number of hydrogen-bond donors (Lipinski definition) is 0. The van der Waals surface area contributed by atoms with Crippen molar-refractivity contribution in [2.75, 3.05) is 27.2 Å². The van der Waals surface area contributed by atoms with E-state index in [1.54, 1.807) is 7.05 Å². The van der Waals surface area contributed by atoms with E-state index in [4.69, 9.17) is 0 Å². The Morgan fingerprint density at radius 1 is 1.12 bits per heavy atom. The number of sulfonamides is 1. The molecule has 2 aliphatic rings. The molecule has 130 valence electrons. The van der Waals surface area contributed by atoms with E-state index in [1.165, 1.54) is 34.5 Å². The number of carbonyl (C=O) groups excluding carboxylic acids is 2. The van der Waals surface area contributed by atoms with E-state index < -0.39 is 21.4 Å². The summed E-state index contributed by atoms with van der Waals surface area (Å²) in [6.45, 7) is 0.187. The van der Waals surface area contributed by atoms with Crippen LogP contribution >= 0.6 is 0 Å². The Morgan fingerprint density at radius 3 is 2.25 bits per heavy atom. The fourth-order valence-electron chi connectivity index (χ4n) is 3.37. The van der Waals surface area contributed by atoms with Gasteiger partial charge in [-0.15, -0.1) is 0 Å². The van der Waals surface area contributed by atoms with E-state index in [0.717, 1.165) is 11.0 Å². The van der Waals surface area contributed by atoms with Crippen molar-refractivity contribution in [3.8, 4) is 0 Å². The van der Waals surface area contributed by atoms with Gasteiger partial charge in [0.1, 0.15) is 11.4 Å². The highest BCUT2D eigenvalue weighted by molar-refractivity contribution is 7.89. The molecule has 2 heterocycles. The van der Waals surface area contributed by atoms with Gasteiger partial charge < -0.3 is 4.90 Å². The van der Waals surface area contributed by atoms with Crippen LogP contribution in [-0.2, 0) is 14.8 Å². The van der Waals surface area contributed by atoms with E-state index in [2.05, 4.69) is 0 Å². The third-order valence-electron chi connectivity index (χ3n) is 4.90. The summed E-state index contributed by atoms with van der Waals surface area (Å²) in [6.07, 6.45) is 0.430. The Kier molecular flexibility index (Phi) is 3.88. The van der Waals surface area contributed by atoms with Gasteiger partial charge in [-0.05, 0) is 31.0 Å². The molecular formula is C15H18FN3O4S. The van der Waals surface area contributed by atoms with Gasteiger partial charge in [-0.2, -0.15) is 4.31 Å². The van der Waals surface area contributed by atoms with Gasteiger partial charge >= 0.3 is 6.03 Å². The van der Waals surface area contributed by atoms with Crippen molar-refractivity contribution < 1.29 is 22.4 Å². The zero-order valence-electron chi connectivity index (χ0n) is 13.4. The van der Waals surface area contributed by atoms with Crippen molar-refractivity contribution in [3.05, 3.63) is 30.1 Å². The topological polar surface area (TPSA) is 78.0 Å². The zero-order valence-corrected chi connectivity index (χ0v) is 14.2. The molecule has 0 radical (unpaired) electrons. The van der Waals surface area contributed by atoms with E-state index in [1.807, 2.05) is 0 Å². The van der Waals surface area contributed by atoms with Crippen LogP contribution in [0.1, 0.15) is 12.8 Å². The standard InChI is InChI=1S/C15H18FN3O4S/c1-17-13(20)15(18(2)14(17)21)6-8-19(9-7-15)24(22,23)12-5-3-4-11(16)10-12/h3-5,10H,6-9H2,1-2H3. The minimum Gasteiger partial charge on any atom is -0.312 e. The minimum atomic E-state index is -3.83. The van der Waals surface area contributed by atoms with Gasteiger partial charge in [0.15, 0.2) is 0 Å². The number of likely N-dealkylation sites (N-methyl/N-ethyl adjacent to an activating group) is 2. The maximum absolute atomic E-state index is 13.3. The second-order valence-corrected chi connectivity index (χ2v) is 8.04. The maximum atomic E-state index is 13.3. The van der Waals surface area contributed by atoms with Crippen molar-refractivity contribution in [1.82, 2.24) is 14.1 Å². The molecule has 2 fully saturated rings. The SMILES string of the molecule is CN1C(=O)N(C)C2(CCN(S(=O)(=O)c3cccc(F)c3)CC2)C1=O. The molecule has 0 unspecified atom stereocenters. The lowest BCUT2D eigenvalue weighted by Crippen LogP contribution is -2.56. The molecular weight excluding hydrogens is 337 g/mol. The van der Waals surface area contributed by atoms with Crippen molar-refractivity contribution >= 4 is 22.0 Å². The van der Waals surface area contributed by atoms with Crippen LogP contribution in [-0.4, -0.2) is 67.2 Å². The Bertz CT molecular complexity index is 803. The normalized spacial score (nSPS) is 21.8. The average molecular weight is 355 g/mol. The summed E-state index contributed by atoms with van der Waals surface area (Å²) < 4.78 is 39.8. The van der Waals surface area contributed by atoms with E-state index in [9.17, 15) is 22.4 Å². The second-order valence-electron chi connectivity index (χ2n) is 6.10. The molecule has 1 aromatic rings.